The van der Waals surface area contributed by atoms with Gasteiger partial charge in [-0.05, 0) is 48.9 Å². The first-order valence-corrected chi connectivity index (χ1v) is 7.84. The zero-order chi connectivity index (χ0) is 15.8. The maximum absolute atomic E-state index is 6.17. The van der Waals surface area contributed by atoms with Gasteiger partial charge in [0.25, 0.3) is 0 Å². The molecule has 3 aromatic rings. The zero-order valence-electron chi connectivity index (χ0n) is 13.0. The molecule has 0 spiro atoms. The van der Waals surface area contributed by atoms with Gasteiger partial charge in [-0.2, -0.15) is 0 Å². The first-order valence-electron chi connectivity index (χ1n) is 7.84. The number of pyridine rings is 1. The molecule has 2 heterocycles. The molecule has 23 heavy (non-hydrogen) atoms. The third-order valence-corrected chi connectivity index (χ3v) is 4.47. The molecule has 0 saturated carbocycles. The number of hydrogen-bond acceptors (Lipinski definition) is 5. The molecule has 2 N–H and O–H groups in total. The fourth-order valence-electron chi connectivity index (χ4n) is 3.35. The molecule has 1 aliphatic carbocycles. The molecule has 0 aliphatic heterocycles. The van der Waals surface area contributed by atoms with Gasteiger partial charge in [-0.25, -0.2) is 15.0 Å². The van der Waals surface area contributed by atoms with Crippen LogP contribution in [0.25, 0.3) is 22.2 Å². The second-order valence-electron chi connectivity index (χ2n) is 5.81. The summed E-state index contributed by atoms with van der Waals surface area (Å²) in [5, 5.41) is 0.860. The highest BCUT2D eigenvalue weighted by Gasteiger charge is 2.21. The van der Waals surface area contributed by atoms with E-state index >= 15 is 0 Å². The lowest BCUT2D eigenvalue weighted by molar-refractivity contribution is 0.415. The number of nitrogen functional groups attached to an aromatic ring is 1. The van der Waals surface area contributed by atoms with E-state index < -0.39 is 0 Å². The number of nitrogens with two attached hydrogens (primary N) is 1. The summed E-state index contributed by atoms with van der Waals surface area (Å²) < 4.78 is 5.27. The predicted octanol–water partition coefficient (Wildman–Crippen LogP) is 3.16. The fraction of sp³-hybridized carbons (Fsp3) is 0.278. The second kappa shape index (κ2) is 5.50. The molecule has 4 rings (SSSR count). The predicted molar refractivity (Wildman–Crippen MR) is 90.4 cm³/mol. The van der Waals surface area contributed by atoms with E-state index in [1.54, 1.807) is 7.11 Å². The number of aromatic nitrogens is 3. The molecule has 1 aromatic carbocycles. The highest BCUT2D eigenvalue weighted by atomic mass is 16.5. The highest BCUT2D eigenvalue weighted by Crippen LogP contribution is 2.38. The van der Waals surface area contributed by atoms with Gasteiger partial charge in [-0.3, -0.25) is 0 Å². The van der Waals surface area contributed by atoms with E-state index in [1.165, 1.54) is 24.7 Å². The number of methoxy groups -OCH3 is 1. The van der Waals surface area contributed by atoms with E-state index in [0.717, 1.165) is 40.8 Å². The molecule has 0 fully saturated rings. The summed E-state index contributed by atoms with van der Waals surface area (Å²) in [4.78, 5) is 13.3. The van der Waals surface area contributed by atoms with Crippen molar-refractivity contribution in [3.05, 3.63) is 41.9 Å². The van der Waals surface area contributed by atoms with Crippen molar-refractivity contribution in [1.82, 2.24) is 15.0 Å². The van der Waals surface area contributed by atoms with Crippen molar-refractivity contribution in [2.45, 2.75) is 25.7 Å². The Labute approximate surface area is 134 Å². The van der Waals surface area contributed by atoms with Crippen LogP contribution in [0.3, 0.4) is 0 Å². The summed E-state index contributed by atoms with van der Waals surface area (Å²) in [5.41, 5.74) is 11.5. The van der Waals surface area contributed by atoms with Gasteiger partial charge in [0.05, 0.1) is 12.5 Å². The maximum Gasteiger partial charge on any atom is 0.165 e. The summed E-state index contributed by atoms with van der Waals surface area (Å²) in [5.74, 6) is 1.33. The van der Waals surface area contributed by atoms with Gasteiger partial charge >= 0.3 is 0 Å². The molecule has 0 radical (unpaired) electrons. The molecule has 2 aromatic heterocycles. The summed E-state index contributed by atoms with van der Waals surface area (Å²) >= 11 is 0. The number of fused-ring (bicyclic) bond motifs is 2. The van der Waals surface area contributed by atoms with Gasteiger partial charge < -0.3 is 10.5 Å². The monoisotopic (exact) mass is 306 g/mol. The van der Waals surface area contributed by atoms with Gasteiger partial charge in [0, 0.05) is 11.3 Å². The third kappa shape index (κ3) is 2.29. The number of ether oxygens (including phenoxy) is 1. The Kier molecular flexibility index (Phi) is 3.33. The van der Waals surface area contributed by atoms with Crippen molar-refractivity contribution in [2.24, 2.45) is 0 Å². The van der Waals surface area contributed by atoms with Crippen molar-refractivity contribution >= 4 is 16.9 Å². The van der Waals surface area contributed by atoms with E-state index in [4.69, 9.17) is 15.5 Å². The number of nitrogens with zero attached hydrogens (tertiary/aromatic N) is 3. The summed E-state index contributed by atoms with van der Waals surface area (Å²) in [6.45, 7) is 0. The summed E-state index contributed by atoms with van der Waals surface area (Å²) in [6, 6.07) is 8.07. The van der Waals surface area contributed by atoms with E-state index in [1.807, 2.05) is 12.1 Å². The van der Waals surface area contributed by atoms with Gasteiger partial charge in [0.2, 0.25) is 0 Å². The van der Waals surface area contributed by atoms with Crippen LogP contribution in [-0.2, 0) is 12.8 Å². The number of hydrogen-bond donors (Lipinski definition) is 1. The molecule has 0 saturated heterocycles. The minimum absolute atomic E-state index is 0.488. The van der Waals surface area contributed by atoms with Crippen LogP contribution < -0.4 is 10.5 Å². The van der Waals surface area contributed by atoms with E-state index in [2.05, 4.69) is 22.1 Å². The van der Waals surface area contributed by atoms with Crippen molar-refractivity contribution in [3.63, 3.8) is 0 Å². The molecular weight excluding hydrogens is 288 g/mol. The SMILES string of the molecule is COc1ccc(-c2c3c(nc4ncnc(N)c24)CCCC3)cc1. The van der Waals surface area contributed by atoms with E-state index in [-0.39, 0.29) is 0 Å². The van der Waals surface area contributed by atoms with Crippen LogP contribution in [0.2, 0.25) is 0 Å². The lowest BCUT2D eigenvalue weighted by Crippen LogP contribution is -2.10. The largest absolute Gasteiger partial charge is 0.497 e. The average molecular weight is 306 g/mol. The van der Waals surface area contributed by atoms with Crippen LogP contribution in [0.1, 0.15) is 24.1 Å². The Hall–Kier alpha value is -2.69. The van der Waals surface area contributed by atoms with Gasteiger partial charge in [0.15, 0.2) is 5.65 Å². The van der Waals surface area contributed by atoms with Crippen LogP contribution in [-0.4, -0.2) is 22.1 Å². The van der Waals surface area contributed by atoms with Gasteiger partial charge in [-0.1, -0.05) is 12.1 Å². The number of anilines is 1. The Bertz CT molecular complexity index is 874. The molecular formula is C18H18N4O. The molecule has 0 atom stereocenters. The van der Waals surface area contributed by atoms with Crippen LogP contribution in [0, 0.1) is 0 Å². The molecule has 5 heteroatoms. The van der Waals surface area contributed by atoms with Crippen molar-refractivity contribution in [3.8, 4) is 16.9 Å². The molecule has 1 aliphatic rings. The van der Waals surface area contributed by atoms with Crippen molar-refractivity contribution in [1.29, 1.82) is 0 Å². The number of benzene rings is 1. The minimum Gasteiger partial charge on any atom is -0.497 e. The molecule has 0 bridgehead atoms. The van der Waals surface area contributed by atoms with E-state index in [9.17, 15) is 0 Å². The Morgan fingerprint density at radius 3 is 2.61 bits per heavy atom. The highest BCUT2D eigenvalue weighted by molar-refractivity contribution is 6.01. The summed E-state index contributed by atoms with van der Waals surface area (Å²) in [6.07, 6.45) is 5.86. The Morgan fingerprint density at radius 1 is 1.04 bits per heavy atom. The van der Waals surface area contributed by atoms with Crippen molar-refractivity contribution < 1.29 is 4.74 Å². The minimum atomic E-state index is 0.488. The number of rotatable bonds is 2. The van der Waals surface area contributed by atoms with Crippen LogP contribution in [0.15, 0.2) is 30.6 Å². The van der Waals surface area contributed by atoms with Crippen LogP contribution >= 0.6 is 0 Å². The van der Waals surface area contributed by atoms with Crippen LogP contribution in [0.5, 0.6) is 5.75 Å². The van der Waals surface area contributed by atoms with Crippen molar-refractivity contribution in [2.75, 3.05) is 12.8 Å². The number of aryl methyl sites for hydroxylation is 1. The topological polar surface area (TPSA) is 73.9 Å². The molecule has 0 unspecified atom stereocenters. The molecule has 5 nitrogen and oxygen atoms in total. The lowest BCUT2D eigenvalue weighted by Gasteiger charge is -2.21. The first-order chi connectivity index (χ1) is 11.3. The van der Waals surface area contributed by atoms with E-state index in [0.29, 0.717) is 11.5 Å². The zero-order valence-corrected chi connectivity index (χ0v) is 13.0. The fourth-order valence-corrected chi connectivity index (χ4v) is 3.35. The first kappa shape index (κ1) is 13.9. The molecule has 116 valence electrons. The quantitative estimate of drug-likeness (QED) is 0.787. The Balaban J connectivity index is 2.05. The summed E-state index contributed by atoms with van der Waals surface area (Å²) in [7, 11) is 1.67. The lowest BCUT2D eigenvalue weighted by atomic mass is 9.87. The standard InChI is InChI=1S/C18H18N4O/c1-23-12-8-6-11(7-9-12)15-13-4-2-3-5-14(13)22-18-16(15)17(19)20-10-21-18/h6-10H,2-5H2,1H3,(H2,19,20,21,22). The van der Waals surface area contributed by atoms with Gasteiger partial charge in [0.1, 0.15) is 17.9 Å². The second-order valence-corrected chi connectivity index (χ2v) is 5.81. The molecule has 0 amide bonds. The maximum atomic E-state index is 6.17. The third-order valence-electron chi connectivity index (χ3n) is 4.47. The average Bonchev–Trinajstić information content (AvgIpc) is 2.60. The Morgan fingerprint density at radius 2 is 1.83 bits per heavy atom. The van der Waals surface area contributed by atoms with Gasteiger partial charge in [-0.15, -0.1) is 0 Å². The smallest absolute Gasteiger partial charge is 0.165 e. The van der Waals surface area contributed by atoms with Crippen LogP contribution in [0.4, 0.5) is 5.82 Å². The normalized spacial score (nSPS) is 13.8.